The molecule has 2 fully saturated rings. The lowest BCUT2D eigenvalue weighted by atomic mass is 9.98. The number of sulfonamides is 1. The number of hydrogen-bond donors (Lipinski definition) is 1. The number of aromatic nitrogens is 2. The van der Waals surface area contributed by atoms with E-state index in [1.54, 1.807) is 12.1 Å². The van der Waals surface area contributed by atoms with E-state index in [1.807, 2.05) is 4.90 Å². The largest absolute Gasteiger partial charge is 0.367 e. The van der Waals surface area contributed by atoms with Gasteiger partial charge in [-0.2, -0.15) is 4.39 Å². The quantitative estimate of drug-likeness (QED) is 0.619. The van der Waals surface area contributed by atoms with E-state index in [-0.39, 0.29) is 29.2 Å². The highest BCUT2D eigenvalue weighted by atomic mass is 32.2. The number of benzene rings is 1. The third-order valence-corrected chi connectivity index (χ3v) is 8.00. The second kappa shape index (κ2) is 9.69. The topological polar surface area (TPSA) is 78.4 Å². The lowest BCUT2D eigenvalue weighted by Gasteiger charge is -2.30. The van der Waals surface area contributed by atoms with Crippen LogP contribution in [0.5, 0.6) is 0 Å². The van der Waals surface area contributed by atoms with Gasteiger partial charge in [0.25, 0.3) is 5.92 Å². The van der Waals surface area contributed by atoms with Crippen LogP contribution in [0.4, 0.5) is 24.8 Å². The first-order valence-electron chi connectivity index (χ1n) is 11.5. The molecule has 0 saturated carbocycles. The first-order valence-corrected chi connectivity index (χ1v) is 13.3. The molecule has 34 heavy (non-hydrogen) atoms. The summed E-state index contributed by atoms with van der Waals surface area (Å²) >= 11 is 0. The maximum atomic E-state index is 15.4. The second-order valence-electron chi connectivity index (χ2n) is 9.21. The van der Waals surface area contributed by atoms with Crippen molar-refractivity contribution < 1.29 is 21.6 Å². The average Bonchev–Trinajstić information content (AvgIpc) is 3.27. The number of rotatable bonds is 7. The zero-order valence-electron chi connectivity index (χ0n) is 19.3. The molecule has 1 atom stereocenters. The highest BCUT2D eigenvalue weighted by Crippen LogP contribution is 2.38. The molecule has 1 N–H and O–H groups in total. The van der Waals surface area contributed by atoms with Gasteiger partial charge in [0, 0.05) is 38.7 Å². The molecule has 186 valence electrons. The summed E-state index contributed by atoms with van der Waals surface area (Å²) in [6, 6.07) is 6.04. The molecule has 0 bridgehead atoms. The summed E-state index contributed by atoms with van der Waals surface area (Å²) in [4.78, 5) is 10.1. The first kappa shape index (κ1) is 24.7. The molecule has 2 aromatic rings. The number of piperidine rings is 1. The molecule has 2 aliphatic rings. The molecule has 1 aromatic heterocycles. The van der Waals surface area contributed by atoms with Gasteiger partial charge in [0.1, 0.15) is 6.33 Å². The Hall–Kier alpha value is -2.40. The Balaban J connectivity index is 1.44. The molecule has 1 aromatic carbocycles. The summed E-state index contributed by atoms with van der Waals surface area (Å²) in [5.41, 5.74) is 0.790. The van der Waals surface area contributed by atoms with Crippen molar-refractivity contribution in [3.63, 3.8) is 0 Å². The van der Waals surface area contributed by atoms with E-state index in [1.165, 1.54) is 29.0 Å². The van der Waals surface area contributed by atoms with Crippen LogP contribution in [-0.2, 0) is 15.9 Å². The van der Waals surface area contributed by atoms with Gasteiger partial charge < -0.3 is 10.2 Å². The Morgan fingerprint density at radius 1 is 1.09 bits per heavy atom. The number of halogens is 3. The average molecular weight is 498 g/mol. The lowest BCUT2D eigenvalue weighted by Crippen LogP contribution is -2.39. The minimum atomic E-state index is -3.19. The Kier molecular flexibility index (Phi) is 7.04. The fraction of sp³-hybridized carbons (Fsp3) is 0.565. The van der Waals surface area contributed by atoms with Gasteiger partial charge >= 0.3 is 0 Å². The van der Waals surface area contributed by atoms with Crippen molar-refractivity contribution in [2.45, 2.75) is 44.6 Å². The van der Waals surface area contributed by atoms with Crippen LogP contribution in [0.3, 0.4) is 0 Å². The third-order valence-electron chi connectivity index (χ3n) is 6.70. The van der Waals surface area contributed by atoms with Crippen LogP contribution in [0.25, 0.3) is 0 Å². The molecule has 0 amide bonds. The van der Waals surface area contributed by atoms with E-state index in [0.29, 0.717) is 39.0 Å². The minimum absolute atomic E-state index is 0.0529. The molecule has 4 rings (SSSR count). The van der Waals surface area contributed by atoms with Crippen molar-refractivity contribution in [3.8, 4) is 0 Å². The minimum Gasteiger partial charge on any atom is -0.367 e. The van der Waals surface area contributed by atoms with Gasteiger partial charge in [-0.25, -0.2) is 31.5 Å². The smallest absolute Gasteiger partial charge is 0.270 e. The van der Waals surface area contributed by atoms with E-state index >= 15 is 4.39 Å². The molecule has 1 unspecified atom stereocenters. The Morgan fingerprint density at radius 3 is 2.38 bits per heavy atom. The van der Waals surface area contributed by atoms with E-state index in [9.17, 15) is 17.2 Å². The monoisotopic (exact) mass is 497 g/mol. The van der Waals surface area contributed by atoms with Gasteiger partial charge in [-0.15, -0.1) is 0 Å². The van der Waals surface area contributed by atoms with Gasteiger partial charge in [-0.3, -0.25) is 0 Å². The number of anilines is 2. The number of nitrogens with one attached hydrogen (secondary N) is 1. The molecule has 0 spiro atoms. The van der Waals surface area contributed by atoms with Crippen LogP contribution in [0, 0.1) is 11.7 Å². The summed E-state index contributed by atoms with van der Waals surface area (Å²) in [7, 11) is -3.19. The van der Waals surface area contributed by atoms with E-state index < -0.39 is 21.8 Å². The van der Waals surface area contributed by atoms with Gasteiger partial charge in [0.15, 0.2) is 11.6 Å². The van der Waals surface area contributed by atoms with Crippen LogP contribution < -0.4 is 10.2 Å². The van der Waals surface area contributed by atoms with Gasteiger partial charge in [0.05, 0.1) is 12.3 Å². The fourth-order valence-electron chi connectivity index (χ4n) is 4.73. The number of alkyl halides is 2. The van der Waals surface area contributed by atoms with Crippen LogP contribution in [0.1, 0.15) is 49.8 Å². The van der Waals surface area contributed by atoms with E-state index in [4.69, 9.17) is 0 Å². The van der Waals surface area contributed by atoms with Gasteiger partial charge in [0.2, 0.25) is 15.8 Å². The van der Waals surface area contributed by atoms with Crippen LogP contribution >= 0.6 is 0 Å². The molecule has 2 aliphatic heterocycles. The van der Waals surface area contributed by atoms with Crippen LogP contribution in [0.2, 0.25) is 0 Å². The summed E-state index contributed by atoms with van der Waals surface area (Å²) in [6.45, 7) is 2.88. The standard InChI is InChI=1S/C23H30F3N5O2S/c1-23(25,26)18-7-5-17(6-8-18)19-4-3-11-31(19)22-20(24)21(28-15-29-22)27-14-16-9-12-30(13-10-16)34(2,32)33/h5-8,15-16,19H,3-4,9-14H2,1-2H3,(H,27,28,29). The molecule has 7 nitrogen and oxygen atoms in total. The molecular formula is C23H30F3N5O2S. The van der Waals surface area contributed by atoms with Crippen LogP contribution in [-0.4, -0.2) is 55.1 Å². The number of hydrogen-bond acceptors (Lipinski definition) is 6. The second-order valence-corrected chi connectivity index (χ2v) is 11.2. The normalized spacial score (nSPS) is 20.6. The Bertz CT molecular complexity index is 1100. The predicted octanol–water partition coefficient (Wildman–Crippen LogP) is 4.15. The predicted molar refractivity (Wildman–Crippen MR) is 125 cm³/mol. The van der Waals surface area contributed by atoms with Crippen molar-refractivity contribution in [2.75, 3.05) is 42.7 Å². The third kappa shape index (κ3) is 5.46. The highest BCUT2D eigenvalue weighted by Gasteiger charge is 2.32. The molecule has 0 aliphatic carbocycles. The highest BCUT2D eigenvalue weighted by molar-refractivity contribution is 7.88. The summed E-state index contributed by atoms with van der Waals surface area (Å²) in [6.07, 6.45) is 5.53. The van der Waals surface area contributed by atoms with Crippen molar-refractivity contribution in [3.05, 3.63) is 47.5 Å². The van der Waals surface area contributed by atoms with E-state index in [2.05, 4.69) is 15.3 Å². The SMILES string of the molecule is CC(F)(F)c1ccc(C2CCCN2c2ncnc(NCC3CCN(S(C)(=O)=O)CC3)c2F)cc1. The van der Waals surface area contributed by atoms with Crippen molar-refractivity contribution in [1.82, 2.24) is 14.3 Å². The zero-order chi connectivity index (χ0) is 24.5. The summed E-state index contributed by atoms with van der Waals surface area (Å²) < 4.78 is 67.3. The molecule has 2 saturated heterocycles. The van der Waals surface area contributed by atoms with Crippen LogP contribution in [0.15, 0.2) is 30.6 Å². The zero-order valence-corrected chi connectivity index (χ0v) is 20.2. The lowest BCUT2D eigenvalue weighted by molar-refractivity contribution is 0.0174. The Morgan fingerprint density at radius 2 is 1.76 bits per heavy atom. The van der Waals surface area contributed by atoms with Crippen molar-refractivity contribution in [2.24, 2.45) is 5.92 Å². The number of nitrogens with zero attached hydrogens (tertiary/aromatic N) is 4. The van der Waals surface area contributed by atoms with Crippen molar-refractivity contribution >= 4 is 21.7 Å². The fourth-order valence-corrected chi connectivity index (χ4v) is 5.61. The van der Waals surface area contributed by atoms with Gasteiger partial charge in [-0.1, -0.05) is 24.3 Å². The molecule has 0 radical (unpaired) electrons. The molecule has 3 heterocycles. The van der Waals surface area contributed by atoms with Gasteiger partial charge in [-0.05, 0) is 37.2 Å². The maximum Gasteiger partial charge on any atom is 0.270 e. The molecule has 11 heteroatoms. The summed E-state index contributed by atoms with van der Waals surface area (Å²) in [5, 5.41) is 3.07. The van der Waals surface area contributed by atoms with E-state index in [0.717, 1.165) is 25.3 Å². The Labute approximate surface area is 198 Å². The molecular weight excluding hydrogens is 467 g/mol. The van der Waals surface area contributed by atoms with Crippen molar-refractivity contribution in [1.29, 1.82) is 0 Å². The maximum absolute atomic E-state index is 15.4. The summed E-state index contributed by atoms with van der Waals surface area (Å²) in [5.74, 6) is -2.93. The first-order chi connectivity index (χ1) is 16.0.